The second-order valence-electron chi connectivity index (χ2n) is 7.43. The van der Waals surface area contributed by atoms with Gasteiger partial charge < -0.3 is 14.6 Å². The molecule has 0 unspecified atom stereocenters. The van der Waals surface area contributed by atoms with E-state index in [4.69, 9.17) is 9.47 Å². The van der Waals surface area contributed by atoms with Crippen LogP contribution in [0.2, 0.25) is 0 Å². The van der Waals surface area contributed by atoms with Gasteiger partial charge in [-0.1, -0.05) is 42.5 Å². The predicted molar refractivity (Wildman–Crippen MR) is 124 cm³/mol. The van der Waals surface area contributed by atoms with Gasteiger partial charge >= 0.3 is 0 Å². The molecule has 172 valence electrons. The first-order valence-corrected chi connectivity index (χ1v) is 10.2. The van der Waals surface area contributed by atoms with Crippen molar-refractivity contribution in [2.45, 2.75) is 6.04 Å². The molecule has 0 aliphatic carbocycles. The molecule has 0 aromatic heterocycles. The molecular weight excluding hydrogens is 440 g/mol. The highest BCUT2D eigenvalue weighted by molar-refractivity contribution is 6.51. The van der Waals surface area contributed by atoms with E-state index in [1.54, 1.807) is 48.5 Å². The number of methoxy groups -OCH3 is 2. The summed E-state index contributed by atoms with van der Waals surface area (Å²) >= 11 is 0. The van der Waals surface area contributed by atoms with Crippen molar-refractivity contribution in [3.05, 3.63) is 99.6 Å². The van der Waals surface area contributed by atoms with Crippen LogP contribution in [0.3, 0.4) is 0 Å². The minimum atomic E-state index is -1.07. The van der Waals surface area contributed by atoms with Gasteiger partial charge in [-0.15, -0.1) is 0 Å². The summed E-state index contributed by atoms with van der Waals surface area (Å²) in [6.07, 6.45) is 0. The zero-order valence-electron chi connectivity index (χ0n) is 18.3. The molecule has 9 heteroatoms. The second-order valence-corrected chi connectivity index (χ2v) is 7.43. The molecule has 0 radical (unpaired) electrons. The molecule has 3 aromatic rings. The molecular formula is C25H20N2O7. The van der Waals surface area contributed by atoms with Gasteiger partial charge in [0.1, 0.15) is 5.76 Å². The van der Waals surface area contributed by atoms with Crippen LogP contribution in [-0.4, -0.2) is 35.9 Å². The van der Waals surface area contributed by atoms with Gasteiger partial charge in [-0.3, -0.25) is 24.6 Å². The maximum atomic E-state index is 13.2. The third kappa shape index (κ3) is 3.83. The van der Waals surface area contributed by atoms with Crippen molar-refractivity contribution in [3.63, 3.8) is 0 Å². The number of carbonyl (C=O) groups excluding carboxylic acids is 2. The van der Waals surface area contributed by atoms with Crippen LogP contribution < -0.4 is 14.4 Å². The van der Waals surface area contributed by atoms with E-state index in [0.29, 0.717) is 22.6 Å². The normalized spacial score (nSPS) is 17.0. The zero-order valence-corrected chi connectivity index (χ0v) is 18.3. The van der Waals surface area contributed by atoms with Gasteiger partial charge in [-0.05, 0) is 23.8 Å². The largest absolute Gasteiger partial charge is 0.507 e. The highest BCUT2D eigenvalue weighted by atomic mass is 16.6. The lowest BCUT2D eigenvalue weighted by molar-refractivity contribution is -0.384. The number of nitrogens with zero attached hydrogens (tertiary/aromatic N) is 2. The van der Waals surface area contributed by atoms with Crippen molar-refractivity contribution in [1.29, 1.82) is 0 Å². The number of ether oxygens (including phenoxy) is 2. The molecule has 1 N–H and O–H groups in total. The molecule has 1 amide bonds. The first kappa shape index (κ1) is 22.5. The van der Waals surface area contributed by atoms with Gasteiger partial charge in [0.15, 0.2) is 11.5 Å². The van der Waals surface area contributed by atoms with Crippen molar-refractivity contribution in [2.75, 3.05) is 19.1 Å². The monoisotopic (exact) mass is 460 g/mol. The minimum Gasteiger partial charge on any atom is -0.507 e. The molecule has 1 atom stereocenters. The number of hydrogen-bond acceptors (Lipinski definition) is 7. The van der Waals surface area contributed by atoms with Crippen molar-refractivity contribution < 1.29 is 29.1 Å². The number of hydrogen-bond donors (Lipinski definition) is 1. The summed E-state index contributed by atoms with van der Waals surface area (Å²) in [5, 5.41) is 22.4. The lowest BCUT2D eigenvalue weighted by Gasteiger charge is -2.26. The molecule has 34 heavy (non-hydrogen) atoms. The van der Waals surface area contributed by atoms with E-state index in [1.807, 2.05) is 0 Å². The number of non-ortho nitro benzene ring substituents is 1. The summed E-state index contributed by atoms with van der Waals surface area (Å²) in [6.45, 7) is 0. The molecule has 1 aliphatic rings. The first-order chi connectivity index (χ1) is 16.4. The molecule has 4 rings (SSSR count). The highest BCUT2D eigenvalue weighted by Gasteiger charge is 2.47. The first-order valence-electron chi connectivity index (χ1n) is 10.2. The van der Waals surface area contributed by atoms with Gasteiger partial charge in [0.25, 0.3) is 17.4 Å². The van der Waals surface area contributed by atoms with Gasteiger partial charge in [0.05, 0.1) is 36.4 Å². The topological polar surface area (TPSA) is 119 Å². The van der Waals surface area contributed by atoms with E-state index in [-0.39, 0.29) is 22.7 Å². The Hall–Kier alpha value is -4.66. The molecule has 1 heterocycles. The van der Waals surface area contributed by atoms with Crippen LogP contribution in [0.1, 0.15) is 17.2 Å². The summed E-state index contributed by atoms with van der Waals surface area (Å²) in [5.41, 5.74) is 0.553. The molecule has 3 aromatic carbocycles. The number of Topliss-reactive ketones (excluding diaryl/α,β-unsaturated/α-hetero) is 1. The average molecular weight is 460 g/mol. The van der Waals surface area contributed by atoms with Crippen LogP contribution in [-0.2, 0) is 9.59 Å². The van der Waals surface area contributed by atoms with Crippen LogP contribution >= 0.6 is 0 Å². The van der Waals surface area contributed by atoms with E-state index < -0.39 is 22.7 Å². The molecule has 0 spiro atoms. The fourth-order valence-electron chi connectivity index (χ4n) is 3.95. The molecule has 0 saturated carbocycles. The van der Waals surface area contributed by atoms with E-state index >= 15 is 0 Å². The molecule has 0 bridgehead atoms. The smallest absolute Gasteiger partial charge is 0.300 e. The number of ketones is 1. The summed E-state index contributed by atoms with van der Waals surface area (Å²) in [7, 11) is 2.92. The Labute approximate surface area is 194 Å². The van der Waals surface area contributed by atoms with Gasteiger partial charge in [-0.25, -0.2) is 0 Å². The summed E-state index contributed by atoms with van der Waals surface area (Å²) in [6, 6.07) is 17.6. The molecule has 9 nitrogen and oxygen atoms in total. The summed E-state index contributed by atoms with van der Waals surface area (Å²) < 4.78 is 10.7. The van der Waals surface area contributed by atoms with E-state index in [2.05, 4.69) is 0 Å². The van der Waals surface area contributed by atoms with Crippen molar-refractivity contribution in [1.82, 2.24) is 0 Å². The Morgan fingerprint density at radius 1 is 0.941 bits per heavy atom. The maximum absolute atomic E-state index is 13.2. The van der Waals surface area contributed by atoms with Crippen LogP contribution in [0.5, 0.6) is 11.5 Å². The number of amides is 1. The molecule has 1 fully saturated rings. The number of aliphatic hydroxyl groups is 1. The Kier molecular flexibility index (Phi) is 6.01. The fraction of sp³-hybridized carbons (Fsp3) is 0.120. The van der Waals surface area contributed by atoms with Crippen LogP contribution in [0.4, 0.5) is 11.4 Å². The van der Waals surface area contributed by atoms with Gasteiger partial charge in [0.2, 0.25) is 0 Å². The Morgan fingerprint density at radius 2 is 1.65 bits per heavy atom. The van der Waals surface area contributed by atoms with E-state index in [0.717, 1.165) is 4.90 Å². The average Bonchev–Trinajstić information content (AvgIpc) is 3.13. The van der Waals surface area contributed by atoms with Crippen molar-refractivity contribution >= 4 is 28.8 Å². The maximum Gasteiger partial charge on any atom is 0.300 e. The number of rotatable bonds is 6. The lowest BCUT2D eigenvalue weighted by atomic mass is 9.94. The zero-order chi connectivity index (χ0) is 24.4. The molecule has 1 aliphatic heterocycles. The second kappa shape index (κ2) is 9.07. The number of anilines is 1. The number of nitro benzene ring substituents is 1. The lowest BCUT2D eigenvalue weighted by Crippen LogP contribution is -2.29. The standard InChI is InChI=1S/C25H20N2O7/c1-33-19-12-11-16(13-20(19)34-2)22-21(23(28)15-7-4-3-5-8-15)24(29)25(30)26(22)17-9-6-10-18(14-17)27(31)32/h3-14,22,28H,1-2H3/t22-/m1/s1. The number of nitro groups is 1. The molecule has 1 saturated heterocycles. The summed E-state index contributed by atoms with van der Waals surface area (Å²) in [4.78, 5) is 38.3. The van der Waals surface area contributed by atoms with Crippen LogP contribution in [0, 0.1) is 10.1 Å². The highest BCUT2D eigenvalue weighted by Crippen LogP contribution is 2.44. The Bertz CT molecular complexity index is 1320. The van der Waals surface area contributed by atoms with Crippen molar-refractivity contribution in [3.8, 4) is 11.5 Å². The Morgan fingerprint density at radius 3 is 2.29 bits per heavy atom. The van der Waals surface area contributed by atoms with Gasteiger partial charge in [0, 0.05) is 17.7 Å². The van der Waals surface area contributed by atoms with Gasteiger partial charge in [-0.2, -0.15) is 0 Å². The Balaban J connectivity index is 1.98. The number of carbonyl (C=O) groups is 2. The van der Waals surface area contributed by atoms with E-state index in [9.17, 15) is 24.8 Å². The number of benzene rings is 3. The third-order valence-corrected chi connectivity index (χ3v) is 5.53. The number of aliphatic hydroxyl groups excluding tert-OH is 1. The minimum absolute atomic E-state index is 0.142. The SMILES string of the molecule is COc1ccc([C@@H]2C(=C(O)c3ccccc3)C(=O)C(=O)N2c2cccc([N+](=O)[O-])c2)cc1OC. The van der Waals surface area contributed by atoms with Crippen LogP contribution in [0.25, 0.3) is 5.76 Å². The van der Waals surface area contributed by atoms with Crippen molar-refractivity contribution in [2.24, 2.45) is 0 Å². The summed E-state index contributed by atoms with van der Waals surface area (Å²) in [5.74, 6) is -1.40. The predicted octanol–water partition coefficient (Wildman–Crippen LogP) is 4.24. The third-order valence-electron chi connectivity index (χ3n) is 5.53. The van der Waals surface area contributed by atoms with E-state index in [1.165, 1.54) is 38.5 Å². The fourth-order valence-corrected chi connectivity index (χ4v) is 3.95. The van der Waals surface area contributed by atoms with Crippen LogP contribution in [0.15, 0.2) is 78.4 Å². The quantitative estimate of drug-likeness (QED) is 0.192.